The average molecular weight is 429 g/mol. The van der Waals surface area contributed by atoms with Crippen molar-refractivity contribution < 1.29 is 19.0 Å². The van der Waals surface area contributed by atoms with E-state index in [4.69, 9.17) is 4.74 Å². The first-order chi connectivity index (χ1) is 15.5. The van der Waals surface area contributed by atoms with Crippen LogP contribution in [-0.2, 0) is 6.54 Å². The van der Waals surface area contributed by atoms with E-state index in [-0.39, 0.29) is 5.56 Å². The van der Waals surface area contributed by atoms with Gasteiger partial charge in [0.15, 0.2) is 0 Å². The van der Waals surface area contributed by atoms with Gasteiger partial charge in [-0.1, -0.05) is 54.6 Å². The van der Waals surface area contributed by atoms with Crippen LogP contribution in [0.5, 0.6) is 5.75 Å². The molecule has 4 aromatic rings. The maximum atomic E-state index is 14.2. The first kappa shape index (κ1) is 21.5. The summed E-state index contributed by atoms with van der Waals surface area (Å²) in [5, 5.41) is 15.1. The van der Waals surface area contributed by atoms with Gasteiger partial charge in [-0.05, 0) is 58.1 Å². The number of carboxylic acid groups (broad SMARTS) is 1. The van der Waals surface area contributed by atoms with Crippen molar-refractivity contribution in [3.05, 3.63) is 101 Å². The second-order valence-corrected chi connectivity index (χ2v) is 7.67. The van der Waals surface area contributed by atoms with Crippen molar-refractivity contribution in [1.82, 2.24) is 5.32 Å². The molecule has 2 N–H and O–H groups in total. The molecule has 4 nitrogen and oxygen atoms in total. The van der Waals surface area contributed by atoms with E-state index in [9.17, 15) is 14.3 Å². The van der Waals surface area contributed by atoms with Gasteiger partial charge in [-0.3, -0.25) is 0 Å². The molecule has 0 amide bonds. The highest BCUT2D eigenvalue weighted by Crippen LogP contribution is 2.27. The maximum absolute atomic E-state index is 14.2. The third kappa shape index (κ3) is 4.95. The van der Waals surface area contributed by atoms with Gasteiger partial charge in [-0.2, -0.15) is 0 Å². The van der Waals surface area contributed by atoms with Crippen LogP contribution < -0.4 is 10.1 Å². The number of benzene rings is 4. The van der Waals surface area contributed by atoms with Crippen LogP contribution in [-0.4, -0.2) is 24.2 Å². The molecule has 4 rings (SSSR count). The van der Waals surface area contributed by atoms with Crippen molar-refractivity contribution >= 4 is 16.7 Å². The Morgan fingerprint density at radius 2 is 1.78 bits per heavy atom. The van der Waals surface area contributed by atoms with Gasteiger partial charge < -0.3 is 15.2 Å². The van der Waals surface area contributed by atoms with E-state index in [1.807, 2.05) is 18.2 Å². The largest absolute Gasteiger partial charge is 0.492 e. The zero-order valence-corrected chi connectivity index (χ0v) is 17.8. The molecule has 0 bridgehead atoms. The molecule has 0 saturated carbocycles. The predicted molar refractivity (Wildman–Crippen MR) is 125 cm³/mol. The van der Waals surface area contributed by atoms with Gasteiger partial charge in [0.05, 0.1) is 5.56 Å². The lowest BCUT2D eigenvalue weighted by atomic mass is 9.99. The molecular formula is C27H24FNO3. The number of nitrogens with one attached hydrogen (secondary N) is 1. The quantitative estimate of drug-likeness (QED) is 0.347. The predicted octanol–water partition coefficient (Wildman–Crippen LogP) is 5.82. The molecule has 162 valence electrons. The number of aryl methyl sites for hydroxylation is 1. The minimum absolute atomic E-state index is 0.201. The molecule has 0 aliphatic heterocycles. The second-order valence-electron chi connectivity index (χ2n) is 7.67. The lowest BCUT2D eigenvalue weighted by Crippen LogP contribution is -2.20. The third-order valence-corrected chi connectivity index (χ3v) is 5.42. The fraction of sp³-hybridized carbons (Fsp3) is 0.148. The molecule has 0 aliphatic rings. The molecule has 0 atom stereocenters. The van der Waals surface area contributed by atoms with Crippen molar-refractivity contribution in [1.29, 1.82) is 0 Å². The average Bonchev–Trinajstić information content (AvgIpc) is 2.78. The Labute approximate surface area is 186 Å². The van der Waals surface area contributed by atoms with E-state index < -0.39 is 11.8 Å². The standard InChI is InChI=1S/C27H24FNO3/c1-18-9-10-20(15-26(18)27(30)31)22-13-23(28)16-24(14-22)32-12-11-29-17-21-7-4-6-19-5-2-3-8-25(19)21/h2-10,13-16,29H,11-12,17H2,1H3,(H,30,31). The zero-order chi connectivity index (χ0) is 22.5. The van der Waals surface area contributed by atoms with Gasteiger partial charge in [-0.15, -0.1) is 0 Å². The summed E-state index contributed by atoms with van der Waals surface area (Å²) in [6.45, 7) is 3.42. The van der Waals surface area contributed by atoms with Crippen LogP contribution >= 0.6 is 0 Å². The second kappa shape index (κ2) is 9.62. The number of aromatic carboxylic acids is 1. The molecule has 0 radical (unpaired) electrons. The van der Waals surface area contributed by atoms with E-state index in [1.165, 1.54) is 28.5 Å². The van der Waals surface area contributed by atoms with Gasteiger partial charge in [0.2, 0.25) is 0 Å². The Kier molecular flexibility index (Phi) is 6.47. The van der Waals surface area contributed by atoms with E-state index in [0.29, 0.717) is 42.1 Å². The molecule has 32 heavy (non-hydrogen) atoms. The third-order valence-electron chi connectivity index (χ3n) is 5.42. The van der Waals surface area contributed by atoms with E-state index in [1.54, 1.807) is 31.2 Å². The molecule has 4 aromatic carbocycles. The summed E-state index contributed by atoms with van der Waals surface area (Å²) in [7, 11) is 0. The summed E-state index contributed by atoms with van der Waals surface area (Å²) >= 11 is 0. The number of hydrogen-bond donors (Lipinski definition) is 2. The zero-order valence-electron chi connectivity index (χ0n) is 17.8. The van der Waals surface area contributed by atoms with Crippen LogP contribution in [0.2, 0.25) is 0 Å². The SMILES string of the molecule is Cc1ccc(-c2cc(F)cc(OCCNCc3cccc4ccccc34)c2)cc1C(=O)O. The van der Waals surface area contributed by atoms with Crippen LogP contribution in [0, 0.1) is 12.7 Å². The normalized spacial score (nSPS) is 10.9. The Balaban J connectivity index is 1.38. The summed E-state index contributed by atoms with van der Waals surface area (Å²) in [6, 6.07) is 24.0. The van der Waals surface area contributed by atoms with Crippen LogP contribution in [0.25, 0.3) is 21.9 Å². The first-order valence-corrected chi connectivity index (χ1v) is 10.5. The van der Waals surface area contributed by atoms with Crippen molar-refractivity contribution in [2.24, 2.45) is 0 Å². The number of rotatable bonds is 8. The Bertz CT molecular complexity index is 1260. The van der Waals surface area contributed by atoms with Gasteiger partial charge in [0, 0.05) is 19.2 Å². The summed E-state index contributed by atoms with van der Waals surface area (Å²) in [4.78, 5) is 11.4. The molecule has 0 spiro atoms. The van der Waals surface area contributed by atoms with Crippen molar-refractivity contribution in [2.45, 2.75) is 13.5 Å². The Morgan fingerprint density at radius 1 is 0.969 bits per heavy atom. The number of carbonyl (C=O) groups is 1. The van der Waals surface area contributed by atoms with Crippen LogP contribution in [0.3, 0.4) is 0 Å². The van der Waals surface area contributed by atoms with Crippen molar-refractivity contribution in [3.63, 3.8) is 0 Å². The van der Waals surface area contributed by atoms with Gasteiger partial charge >= 0.3 is 5.97 Å². The van der Waals surface area contributed by atoms with Crippen LogP contribution in [0.4, 0.5) is 4.39 Å². The Morgan fingerprint density at radius 3 is 2.62 bits per heavy atom. The number of fused-ring (bicyclic) bond motifs is 1. The maximum Gasteiger partial charge on any atom is 0.335 e. The lowest BCUT2D eigenvalue weighted by Gasteiger charge is -2.11. The van der Waals surface area contributed by atoms with Gasteiger partial charge in [-0.25, -0.2) is 9.18 Å². The molecule has 0 unspecified atom stereocenters. The van der Waals surface area contributed by atoms with Gasteiger partial charge in [0.25, 0.3) is 0 Å². The topological polar surface area (TPSA) is 58.6 Å². The highest BCUT2D eigenvalue weighted by atomic mass is 19.1. The summed E-state index contributed by atoms with van der Waals surface area (Å²) in [6.07, 6.45) is 0. The van der Waals surface area contributed by atoms with Crippen LogP contribution in [0.1, 0.15) is 21.5 Å². The van der Waals surface area contributed by atoms with Gasteiger partial charge in [0.1, 0.15) is 18.2 Å². The van der Waals surface area contributed by atoms with Crippen molar-refractivity contribution in [3.8, 4) is 16.9 Å². The Hall–Kier alpha value is -3.70. The first-order valence-electron chi connectivity index (χ1n) is 10.5. The smallest absolute Gasteiger partial charge is 0.335 e. The molecule has 0 saturated heterocycles. The monoisotopic (exact) mass is 429 g/mol. The van der Waals surface area contributed by atoms with E-state index >= 15 is 0 Å². The number of carboxylic acids is 1. The van der Waals surface area contributed by atoms with E-state index in [0.717, 1.165) is 0 Å². The fourth-order valence-electron chi connectivity index (χ4n) is 3.76. The summed E-state index contributed by atoms with van der Waals surface area (Å²) < 4.78 is 19.9. The minimum atomic E-state index is -1.01. The minimum Gasteiger partial charge on any atom is -0.492 e. The fourth-order valence-corrected chi connectivity index (χ4v) is 3.76. The number of ether oxygens (including phenoxy) is 1. The molecular weight excluding hydrogens is 405 g/mol. The van der Waals surface area contributed by atoms with Crippen molar-refractivity contribution in [2.75, 3.05) is 13.2 Å². The number of hydrogen-bond acceptors (Lipinski definition) is 3. The molecule has 0 aromatic heterocycles. The molecule has 0 heterocycles. The summed E-state index contributed by atoms with van der Waals surface area (Å²) in [5.41, 5.74) is 3.28. The lowest BCUT2D eigenvalue weighted by molar-refractivity contribution is 0.0696. The molecule has 5 heteroatoms. The summed E-state index contributed by atoms with van der Waals surface area (Å²) in [5.74, 6) is -1.03. The van der Waals surface area contributed by atoms with E-state index in [2.05, 4.69) is 29.6 Å². The molecule has 0 aliphatic carbocycles. The molecule has 0 fully saturated rings. The highest BCUT2D eigenvalue weighted by molar-refractivity contribution is 5.91. The number of halogens is 1. The highest BCUT2D eigenvalue weighted by Gasteiger charge is 2.11. The van der Waals surface area contributed by atoms with Crippen LogP contribution in [0.15, 0.2) is 78.9 Å².